The first-order valence-electron chi connectivity index (χ1n) is 4.16. The van der Waals surface area contributed by atoms with Gasteiger partial charge in [0.25, 0.3) is 0 Å². The van der Waals surface area contributed by atoms with Crippen molar-refractivity contribution in [3.05, 3.63) is 0 Å². The first-order chi connectivity index (χ1) is 6.86. The summed E-state index contributed by atoms with van der Waals surface area (Å²) < 4.78 is 0. The van der Waals surface area contributed by atoms with E-state index in [4.69, 9.17) is 5.11 Å². The van der Waals surface area contributed by atoms with Gasteiger partial charge in [-0.15, -0.1) is 0 Å². The number of carboxylic acid groups (broad SMARTS) is 3. The van der Waals surface area contributed by atoms with Crippen LogP contribution in [0.15, 0.2) is 0 Å². The van der Waals surface area contributed by atoms with Gasteiger partial charge < -0.3 is 34.8 Å². The van der Waals surface area contributed by atoms with Gasteiger partial charge in [0.05, 0.1) is 5.97 Å². The van der Waals surface area contributed by atoms with Gasteiger partial charge in [0, 0.05) is 17.9 Å². The van der Waals surface area contributed by atoms with Crippen LogP contribution < -0.4 is 15.3 Å². The van der Waals surface area contributed by atoms with Crippen molar-refractivity contribution in [2.45, 2.75) is 25.4 Å². The van der Waals surface area contributed by atoms with Gasteiger partial charge >= 0.3 is 0 Å². The van der Waals surface area contributed by atoms with Crippen LogP contribution in [0.25, 0.3) is 0 Å². The smallest absolute Gasteiger partial charge is 0.101 e. The Bertz CT molecular complexity index is 260. The predicted octanol–water partition coefficient (Wildman–Crippen LogP) is -4.62. The molecule has 0 fully saturated rings. The van der Waals surface area contributed by atoms with Crippen molar-refractivity contribution in [1.82, 2.24) is 0 Å². The molecule has 7 heteroatoms. The lowest BCUT2D eigenvalue weighted by Gasteiger charge is -2.24. The topological polar surface area (TPSA) is 141 Å². The van der Waals surface area contributed by atoms with Crippen LogP contribution in [0.5, 0.6) is 0 Å². The molecule has 1 N–H and O–H groups in total. The zero-order chi connectivity index (χ0) is 12.0. The number of hydrogen-bond acceptors (Lipinski definition) is 7. The lowest BCUT2D eigenvalue weighted by Crippen LogP contribution is -2.47. The molecule has 86 valence electrons. The standard InChI is InChI=1S/C8H12O7/c9-5(10)3-1-2-4(7(12)13)6(11)8(14)15/h4,6,11H,1-3H2,(H,9,10)(H,12,13)(H,14,15)/p-3/t4-,6+/m0/s1. The van der Waals surface area contributed by atoms with E-state index in [1.807, 2.05) is 0 Å². The van der Waals surface area contributed by atoms with Crippen LogP contribution in [0.2, 0.25) is 0 Å². The maximum absolute atomic E-state index is 10.4. The molecule has 0 aromatic rings. The molecule has 0 aliphatic carbocycles. The minimum absolute atomic E-state index is 0.120. The number of rotatable bonds is 7. The number of carbonyl (C=O) groups is 3. The molecule has 2 atom stereocenters. The van der Waals surface area contributed by atoms with Crippen LogP contribution in [-0.4, -0.2) is 29.1 Å². The number of hydrogen-bond donors (Lipinski definition) is 1. The highest BCUT2D eigenvalue weighted by atomic mass is 16.4. The lowest BCUT2D eigenvalue weighted by atomic mass is 9.96. The van der Waals surface area contributed by atoms with Crippen LogP contribution in [0.3, 0.4) is 0 Å². The normalized spacial score (nSPS) is 14.2. The van der Waals surface area contributed by atoms with Crippen molar-refractivity contribution in [2.75, 3.05) is 0 Å². The molecular formula is C8H9O7-3. The van der Waals surface area contributed by atoms with E-state index in [0.717, 1.165) is 0 Å². The summed E-state index contributed by atoms with van der Waals surface area (Å²) in [5.41, 5.74) is 0. The number of aliphatic hydroxyl groups excluding tert-OH is 1. The largest absolute Gasteiger partial charge is 0.550 e. The first kappa shape index (κ1) is 13.4. The van der Waals surface area contributed by atoms with Crippen LogP contribution in [0.1, 0.15) is 19.3 Å². The number of aliphatic hydroxyl groups is 1. The van der Waals surface area contributed by atoms with Gasteiger partial charge in [0.2, 0.25) is 0 Å². The fourth-order valence-electron chi connectivity index (χ4n) is 1.04. The van der Waals surface area contributed by atoms with Crippen molar-refractivity contribution in [3.63, 3.8) is 0 Å². The van der Waals surface area contributed by atoms with Crippen LogP contribution in [0.4, 0.5) is 0 Å². The second kappa shape index (κ2) is 5.97. The Kier molecular flexibility index (Phi) is 5.32. The van der Waals surface area contributed by atoms with Crippen molar-refractivity contribution in [3.8, 4) is 0 Å². The van der Waals surface area contributed by atoms with E-state index < -0.39 is 36.4 Å². The molecule has 0 radical (unpaired) electrons. The van der Waals surface area contributed by atoms with E-state index in [2.05, 4.69) is 0 Å². The summed E-state index contributed by atoms with van der Waals surface area (Å²) >= 11 is 0. The number of carboxylic acids is 3. The quantitative estimate of drug-likeness (QED) is 0.452. The van der Waals surface area contributed by atoms with Gasteiger partial charge in [0.1, 0.15) is 6.10 Å². The van der Waals surface area contributed by atoms with Crippen molar-refractivity contribution in [1.29, 1.82) is 0 Å². The Balaban J connectivity index is 4.23. The molecule has 0 saturated carbocycles. The molecule has 7 nitrogen and oxygen atoms in total. The van der Waals surface area contributed by atoms with Gasteiger partial charge in [0.15, 0.2) is 0 Å². The van der Waals surface area contributed by atoms with Crippen molar-refractivity contribution < 1.29 is 34.8 Å². The highest BCUT2D eigenvalue weighted by Gasteiger charge is 2.20. The average Bonchev–Trinajstić information content (AvgIpc) is 2.10. The number of carbonyl (C=O) groups excluding carboxylic acids is 3. The Morgan fingerprint density at radius 1 is 1.07 bits per heavy atom. The summed E-state index contributed by atoms with van der Waals surface area (Å²) in [4.78, 5) is 30.5. The Morgan fingerprint density at radius 3 is 1.93 bits per heavy atom. The van der Waals surface area contributed by atoms with Crippen molar-refractivity contribution >= 4 is 17.9 Å². The van der Waals surface area contributed by atoms with Crippen LogP contribution in [0, 0.1) is 5.92 Å². The molecule has 0 aliphatic rings. The predicted molar refractivity (Wildman–Crippen MR) is 38.4 cm³/mol. The zero-order valence-electron chi connectivity index (χ0n) is 7.67. The third-order valence-electron chi connectivity index (χ3n) is 1.82. The van der Waals surface area contributed by atoms with Gasteiger partial charge in [-0.3, -0.25) is 0 Å². The summed E-state index contributed by atoms with van der Waals surface area (Å²) in [6.07, 6.45) is -3.06. The SMILES string of the molecule is O=C([O-])CCC[C@H](C(=O)[O-])[C@@H](O)C(=O)[O-]. The summed E-state index contributed by atoms with van der Waals surface area (Å²) in [5, 5.41) is 39.4. The summed E-state index contributed by atoms with van der Waals surface area (Å²) in [7, 11) is 0. The van der Waals surface area contributed by atoms with E-state index >= 15 is 0 Å². The molecular weight excluding hydrogens is 208 g/mol. The molecule has 15 heavy (non-hydrogen) atoms. The van der Waals surface area contributed by atoms with Gasteiger partial charge in [-0.2, -0.15) is 0 Å². The van der Waals surface area contributed by atoms with Gasteiger partial charge in [-0.1, -0.05) is 0 Å². The molecule has 0 unspecified atom stereocenters. The van der Waals surface area contributed by atoms with Crippen molar-refractivity contribution in [2.24, 2.45) is 5.92 Å². The fraction of sp³-hybridized carbons (Fsp3) is 0.625. The molecule has 0 amide bonds. The lowest BCUT2D eigenvalue weighted by molar-refractivity contribution is -0.330. The highest BCUT2D eigenvalue weighted by molar-refractivity contribution is 5.79. The van der Waals surface area contributed by atoms with Gasteiger partial charge in [-0.05, 0) is 19.3 Å². The van der Waals surface area contributed by atoms with E-state index in [1.54, 1.807) is 0 Å². The van der Waals surface area contributed by atoms with E-state index in [1.165, 1.54) is 0 Å². The maximum atomic E-state index is 10.4. The first-order valence-corrected chi connectivity index (χ1v) is 4.16. The summed E-state index contributed by atoms with van der Waals surface area (Å²) in [5.74, 6) is -6.74. The third-order valence-corrected chi connectivity index (χ3v) is 1.82. The van der Waals surface area contributed by atoms with E-state index in [-0.39, 0.29) is 12.8 Å². The van der Waals surface area contributed by atoms with E-state index in [0.29, 0.717) is 0 Å². The van der Waals surface area contributed by atoms with Crippen LogP contribution in [-0.2, 0) is 14.4 Å². The van der Waals surface area contributed by atoms with E-state index in [9.17, 15) is 29.7 Å². The number of aliphatic carboxylic acids is 3. The molecule has 0 heterocycles. The second-order valence-electron chi connectivity index (χ2n) is 2.95. The fourth-order valence-corrected chi connectivity index (χ4v) is 1.04. The molecule has 0 aliphatic heterocycles. The second-order valence-corrected chi connectivity index (χ2v) is 2.95. The monoisotopic (exact) mass is 217 g/mol. The zero-order valence-corrected chi connectivity index (χ0v) is 7.67. The average molecular weight is 217 g/mol. The Morgan fingerprint density at radius 2 is 1.60 bits per heavy atom. The molecule has 0 aromatic heterocycles. The third kappa shape index (κ3) is 4.96. The van der Waals surface area contributed by atoms with Crippen LogP contribution >= 0.6 is 0 Å². The van der Waals surface area contributed by atoms with Gasteiger partial charge in [-0.25, -0.2) is 0 Å². The molecule has 0 bridgehead atoms. The minimum Gasteiger partial charge on any atom is -0.550 e. The Hall–Kier alpha value is -1.63. The minimum atomic E-state index is -2.20. The molecule has 0 rings (SSSR count). The Labute approximate surface area is 85.0 Å². The summed E-state index contributed by atoms with van der Waals surface area (Å²) in [6, 6.07) is 0. The molecule has 0 saturated heterocycles. The highest BCUT2D eigenvalue weighted by Crippen LogP contribution is 2.12. The molecule has 0 aromatic carbocycles. The summed E-state index contributed by atoms with van der Waals surface area (Å²) in [6.45, 7) is 0. The molecule has 0 spiro atoms. The maximum Gasteiger partial charge on any atom is 0.101 e.